The van der Waals surface area contributed by atoms with E-state index in [1.165, 1.54) is 16.9 Å². The lowest BCUT2D eigenvalue weighted by Crippen LogP contribution is -2.11. The van der Waals surface area contributed by atoms with Crippen LogP contribution in [0, 0.1) is 20.8 Å². The fourth-order valence-corrected chi connectivity index (χ4v) is 4.51. The molecule has 0 radical (unpaired) electrons. The zero-order valence-electron chi connectivity index (χ0n) is 18.5. The van der Waals surface area contributed by atoms with Crippen molar-refractivity contribution in [3.8, 4) is 5.75 Å². The summed E-state index contributed by atoms with van der Waals surface area (Å²) in [6.07, 6.45) is 1.80. The van der Waals surface area contributed by atoms with Crippen LogP contribution in [-0.2, 0) is 13.2 Å². The van der Waals surface area contributed by atoms with Crippen molar-refractivity contribution < 1.29 is 9.53 Å². The molecule has 33 heavy (non-hydrogen) atoms. The first-order valence-corrected chi connectivity index (χ1v) is 12.0. The maximum atomic E-state index is 12.7. The van der Waals surface area contributed by atoms with Gasteiger partial charge in [-0.2, -0.15) is 5.10 Å². The molecule has 0 unspecified atom stereocenters. The average molecular weight is 500 g/mol. The molecule has 0 aliphatic heterocycles. The van der Waals surface area contributed by atoms with Crippen LogP contribution < -0.4 is 10.1 Å². The minimum Gasteiger partial charge on any atom is -0.489 e. The highest BCUT2D eigenvalue weighted by Crippen LogP contribution is 2.26. The zero-order valence-corrected chi connectivity index (χ0v) is 20.8. The lowest BCUT2D eigenvalue weighted by molar-refractivity contribution is 0.103. The number of nitrogens with zero attached hydrogens (tertiary/aromatic N) is 2. The molecule has 2 heterocycles. The molecule has 0 atom stereocenters. The van der Waals surface area contributed by atoms with E-state index in [1.54, 1.807) is 29.1 Å². The number of nitrogens with one attached hydrogen (secondary N) is 1. The van der Waals surface area contributed by atoms with Crippen LogP contribution in [0.1, 0.15) is 37.5 Å². The molecule has 0 saturated carbocycles. The molecule has 4 rings (SSSR count). The summed E-state index contributed by atoms with van der Waals surface area (Å²) in [6.45, 7) is 7.11. The van der Waals surface area contributed by atoms with Gasteiger partial charge >= 0.3 is 0 Å². The maximum absolute atomic E-state index is 12.7. The number of aromatic nitrogens is 2. The van der Waals surface area contributed by atoms with Crippen LogP contribution >= 0.6 is 34.5 Å². The summed E-state index contributed by atoms with van der Waals surface area (Å²) in [6, 6.07) is 13.2. The van der Waals surface area contributed by atoms with E-state index in [2.05, 4.69) is 37.3 Å². The molecule has 0 aliphatic rings. The summed E-state index contributed by atoms with van der Waals surface area (Å²) in [5.74, 6) is 1.16. The van der Waals surface area contributed by atoms with Crippen LogP contribution in [0.5, 0.6) is 5.75 Å². The summed E-state index contributed by atoms with van der Waals surface area (Å²) in [7, 11) is 0. The number of thiophene rings is 1. The summed E-state index contributed by atoms with van der Waals surface area (Å²) in [5.41, 5.74) is 5.41. The molecule has 0 bridgehead atoms. The minimum atomic E-state index is -0.200. The van der Waals surface area contributed by atoms with E-state index >= 15 is 0 Å². The average Bonchev–Trinajstić information content (AvgIpc) is 3.42. The zero-order chi connectivity index (χ0) is 23.5. The predicted molar refractivity (Wildman–Crippen MR) is 135 cm³/mol. The number of rotatable bonds is 7. The van der Waals surface area contributed by atoms with E-state index in [0.717, 1.165) is 28.0 Å². The summed E-state index contributed by atoms with van der Waals surface area (Å²) in [4.78, 5) is 13.3. The van der Waals surface area contributed by atoms with Gasteiger partial charge in [-0.1, -0.05) is 35.3 Å². The van der Waals surface area contributed by atoms with Crippen molar-refractivity contribution in [1.29, 1.82) is 0 Å². The van der Waals surface area contributed by atoms with Crippen molar-refractivity contribution in [3.63, 3.8) is 0 Å². The third-order valence-corrected chi connectivity index (χ3v) is 6.96. The van der Waals surface area contributed by atoms with E-state index in [9.17, 15) is 4.79 Å². The highest BCUT2D eigenvalue weighted by Gasteiger charge is 2.12. The lowest BCUT2D eigenvalue weighted by atomic mass is 10.1. The van der Waals surface area contributed by atoms with Crippen LogP contribution in [-0.4, -0.2) is 15.7 Å². The monoisotopic (exact) mass is 499 g/mol. The third kappa shape index (κ3) is 5.77. The summed E-state index contributed by atoms with van der Waals surface area (Å²) < 4.78 is 7.74. The Morgan fingerprint density at radius 2 is 1.88 bits per heavy atom. The van der Waals surface area contributed by atoms with Crippen LogP contribution in [0.15, 0.2) is 54.0 Å². The fraction of sp³-hybridized carbons (Fsp3) is 0.200. The Hall–Kier alpha value is -2.80. The summed E-state index contributed by atoms with van der Waals surface area (Å²) >= 11 is 13.4. The van der Waals surface area contributed by atoms with E-state index in [0.29, 0.717) is 33.9 Å². The molecule has 0 spiro atoms. The van der Waals surface area contributed by atoms with E-state index in [-0.39, 0.29) is 5.91 Å². The predicted octanol–water partition coefficient (Wildman–Crippen LogP) is 7.06. The molecule has 0 aliphatic carbocycles. The van der Waals surface area contributed by atoms with Gasteiger partial charge in [-0.15, -0.1) is 11.3 Å². The van der Waals surface area contributed by atoms with Gasteiger partial charge in [0, 0.05) is 17.8 Å². The number of aryl methyl sites for hydroxylation is 2. The number of anilines is 1. The molecule has 2 aromatic heterocycles. The molecule has 170 valence electrons. The molecular formula is C25H23Cl2N3O2S. The third-order valence-electron chi connectivity index (χ3n) is 5.25. The van der Waals surface area contributed by atoms with E-state index < -0.39 is 0 Å². The van der Waals surface area contributed by atoms with Crippen molar-refractivity contribution in [3.05, 3.63) is 96.8 Å². The molecule has 2 aromatic carbocycles. The second-order valence-electron chi connectivity index (χ2n) is 7.91. The molecule has 0 fully saturated rings. The van der Waals surface area contributed by atoms with E-state index in [4.69, 9.17) is 27.9 Å². The van der Waals surface area contributed by atoms with Crippen LogP contribution in [0.3, 0.4) is 0 Å². The number of ether oxygens (including phenoxy) is 1. The second-order valence-corrected chi connectivity index (χ2v) is 9.64. The maximum Gasteiger partial charge on any atom is 0.266 e. The molecule has 0 saturated heterocycles. The number of hydrogen-bond acceptors (Lipinski definition) is 4. The van der Waals surface area contributed by atoms with Gasteiger partial charge in [0.15, 0.2) is 5.82 Å². The number of benzene rings is 2. The Morgan fingerprint density at radius 1 is 1.06 bits per heavy atom. The Bertz CT molecular complexity index is 1310. The highest BCUT2D eigenvalue weighted by molar-refractivity contribution is 7.12. The molecule has 1 N–H and O–H groups in total. The van der Waals surface area contributed by atoms with Gasteiger partial charge in [0.25, 0.3) is 5.91 Å². The normalized spacial score (nSPS) is 10.9. The van der Waals surface area contributed by atoms with Gasteiger partial charge in [0.05, 0.1) is 21.5 Å². The Kier molecular flexibility index (Phi) is 7.08. The first kappa shape index (κ1) is 23.4. The van der Waals surface area contributed by atoms with Crippen molar-refractivity contribution in [2.24, 2.45) is 0 Å². The van der Waals surface area contributed by atoms with Crippen LogP contribution in [0.2, 0.25) is 10.0 Å². The minimum absolute atomic E-state index is 0.200. The van der Waals surface area contributed by atoms with Gasteiger partial charge in [-0.25, -0.2) is 0 Å². The van der Waals surface area contributed by atoms with Gasteiger partial charge in [-0.05, 0) is 72.7 Å². The van der Waals surface area contributed by atoms with Gasteiger partial charge in [0.1, 0.15) is 12.4 Å². The van der Waals surface area contributed by atoms with E-state index in [1.807, 2.05) is 23.6 Å². The van der Waals surface area contributed by atoms with Crippen LogP contribution in [0.25, 0.3) is 0 Å². The molecule has 1 amide bonds. The van der Waals surface area contributed by atoms with Crippen molar-refractivity contribution in [2.75, 3.05) is 5.32 Å². The molecule has 4 aromatic rings. The Balaban J connectivity index is 1.36. The largest absolute Gasteiger partial charge is 0.489 e. The number of amides is 1. The van der Waals surface area contributed by atoms with Crippen molar-refractivity contribution in [1.82, 2.24) is 9.78 Å². The van der Waals surface area contributed by atoms with Gasteiger partial charge in [-0.3, -0.25) is 9.48 Å². The number of carbonyl (C=O) groups excluding carboxylic acids is 1. The lowest BCUT2D eigenvalue weighted by Gasteiger charge is -2.11. The van der Waals surface area contributed by atoms with Crippen LogP contribution in [0.4, 0.5) is 5.82 Å². The Labute approximate surface area is 206 Å². The number of hydrogen-bond donors (Lipinski definition) is 1. The van der Waals surface area contributed by atoms with Crippen molar-refractivity contribution >= 4 is 46.3 Å². The summed E-state index contributed by atoms with van der Waals surface area (Å²) in [5, 5.41) is 10.2. The van der Waals surface area contributed by atoms with Gasteiger partial charge < -0.3 is 10.1 Å². The standard InChI is InChI=1S/C25H23Cl2N3O2S/c1-15-8-16(2)17(3)22(9-15)32-13-19-11-23(33-14-19)25(31)28-24-6-7-30(29-24)12-18-4-5-20(26)21(27)10-18/h4-11,14H,12-13H2,1-3H3,(H,28,29,31). The smallest absolute Gasteiger partial charge is 0.266 e. The number of halogens is 2. The highest BCUT2D eigenvalue weighted by atomic mass is 35.5. The SMILES string of the molecule is Cc1cc(C)c(C)c(OCc2csc(C(=O)Nc3ccn(Cc4ccc(Cl)c(Cl)c4)n3)c2)c1. The van der Waals surface area contributed by atoms with Crippen molar-refractivity contribution in [2.45, 2.75) is 33.9 Å². The first-order valence-electron chi connectivity index (χ1n) is 10.4. The number of carbonyl (C=O) groups is 1. The quantitative estimate of drug-likeness (QED) is 0.296. The van der Waals surface area contributed by atoms with Gasteiger partial charge in [0.2, 0.25) is 0 Å². The second kappa shape index (κ2) is 10.00. The molecule has 8 heteroatoms. The molecule has 5 nitrogen and oxygen atoms in total. The first-order chi connectivity index (χ1) is 15.8. The fourth-order valence-electron chi connectivity index (χ4n) is 3.40. The molecular weight excluding hydrogens is 477 g/mol. The Morgan fingerprint density at radius 3 is 2.67 bits per heavy atom. The topological polar surface area (TPSA) is 56.1 Å².